The third-order valence-corrected chi connectivity index (χ3v) is 8.47. The van der Waals surface area contributed by atoms with Crippen LogP contribution in [0.5, 0.6) is 0 Å². The highest BCUT2D eigenvalue weighted by Gasteiger charge is 2.34. The molecule has 5 rings (SSSR count). The van der Waals surface area contributed by atoms with Crippen molar-refractivity contribution in [1.82, 2.24) is 19.6 Å². The Morgan fingerprint density at radius 1 is 1.16 bits per heavy atom. The fourth-order valence-electron chi connectivity index (χ4n) is 4.84. The van der Waals surface area contributed by atoms with E-state index in [2.05, 4.69) is 10.1 Å². The quantitative estimate of drug-likeness (QED) is 0.213. The van der Waals surface area contributed by atoms with Crippen molar-refractivity contribution in [2.24, 2.45) is 0 Å². The smallest absolute Gasteiger partial charge is 0.415 e. The predicted molar refractivity (Wildman–Crippen MR) is 164 cm³/mol. The number of ether oxygens (including phenoxy) is 1. The van der Waals surface area contributed by atoms with E-state index in [-0.39, 0.29) is 40.9 Å². The van der Waals surface area contributed by atoms with E-state index in [9.17, 15) is 18.9 Å². The summed E-state index contributed by atoms with van der Waals surface area (Å²) in [5.41, 5.74) is 0.719. The van der Waals surface area contributed by atoms with E-state index in [1.165, 1.54) is 28.8 Å². The van der Waals surface area contributed by atoms with Gasteiger partial charge in [-0.2, -0.15) is 4.98 Å². The Labute approximate surface area is 260 Å². The van der Waals surface area contributed by atoms with Gasteiger partial charge in [0.15, 0.2) is 11.4 Å². The second kappa shape index (κ2) is 11.5. The van der Waals surface area contributed by atoms with Crippen LogP contribution in [0.4, 0.5) is 10.6 Å². The highest BCUT2D eigenvalue weighted by Crippen LogP contribution is 2.30. The van der Waals surface area contributed by atoms with E-state index >= 15 is 0 Å². The maximum atomic E-state index is 13.9. The highest BCUT2D eigenvalue weighted by molar-refractivity contribution is 7.90. The van der Waals surface area contributed by atoms with Crippen molar-refractivity contribution >= 4 is 63.2 Å². The first-order valence-electron chi connectivity index (χ1n) is 13.3. The Balaban J connectivity index is 1.52. The summed E-state index contributed by atoms with van der Waals surface area (Å²) in [4.78, 5) is 47.3. The van der Waals surface area contributed by atoms with Crippen molar-refractivity contribution in [2.45, 2.75) is 57.5 Å². The molecule has 0 saturated carbocycles. The lowest BCUT2D eigenvalue weighted by molar-refractivity contribution is 0.0586. The fourth-order valence-corrected chi connectivity index (χ4v) is 5.82. The number of nitrogens with zero attached hydrogens (tertiary/aromatic N) is 5. The van der Waals surface area contributed by atoms with Gasteiger partial charge < -0.3 is 18.7 Å². The second-order valence-corrected chi connectivity index (χ2v) is 13.3. The monoisotopic (exact) mass is 645 g/mol. The molecule has 0 fully saturated rings. The van der Waals surface area contributed by atoms with E-state index in [0.717, 1.165) is 0 Å². The van der Waals surface area contributed by atoms with Crippen molar-refractivity contribution < 1.29 is 23.4 Å². The van der Waals surface area contributed by atoms with Gasteiger partial charge in [0.1, 0.15) is 11.9 Å². The average molecular weight is 647 g/mol. The highest BCUT2D eigenvalue weighted by atomic mass is 35.5. The Morgan fingerprint density at radius 3 is 2.53 bits per heavy atom. The summed E-state index contributed by atoms with van der Waals surface area (Å²) in [5, 5.41) is 5.16. The number of carbonyl (C=O) groups is 2. The average Bonchev–Trinajstić information content (AvgIpc) is 3.36. The minimum Gasteiger partial charge on any atom is -0.609 e. The first kappa shape index (κ1) is 30.9. The maximum absolute atomic E-state index is 13.9. The molecule has 1 aliphatic rings. The lowest BCUT2D eigenvalue weighted by atomic mass is 9.98. The maximum Gasteiger partial charge on any atom is 0.415 e. The number of hydrogen-bond donors (Lipinski definition) is 0. The van der Waals surface area contributed by atoms with Crippen LogP contribution in [-0.2, 0) is 28.9 Å². The molecule has 0 spiro atoms. The van der Waals surface area contributed by atoms with E-state index in [0.29, 0.717) is 38.5 Å². The number of hydrogen-bond acceptors (Lipinski definition) is 8. The molecule has 0 radical (unpaired) electrons. The third-order valence-electron chi connectivity index (χ3n) is 6.95. The number of benzene rings is 2. The van der Waals surface area contributed by atoms with E-state index in [4.69, 9.17) is 32.5 Å². The molecule has 2 atom stereocenters. The molecule has 2 aromatic heterocycles. The normalized spacial score (nSPS) is 15.7. The molecule has 3 heterocycles. The van der Waals surface area contributed by atoms with Gasteiger partial charge in [-0.1, -0.05) is 28.4 Å². The lowest BCUT2D eigenvalue weighted by Gasteiger charge is -2.34. The van der Waals surface area contributed by atoms with Gasteiger partial charge in [-0.25, -0.2) is 9.36 Å². The number of rotatable bonds is 4. The summed E-state index contributed by atoms with van der Waals surface area (Å²) in [6.07, 6.45) is 1.06. The van der Waals surface area contributed by atoms with Crippen LogP contribution in [0.2, 0.25) is 10.0 Å². The Bertz CT molecular complexity index is 1820. The zero-order chi connectivity index (χ0) is 31.4. The summed E-state index contributed by atoms with van der Waals surface area (Å²) in [7, 11) is 1.52. The van der Waals surface area contributed by atoms with Crippen LogP contribution in [0.1, 0.15) is 49.3 Å². The van der Waals surface area contributed by atoms with Gasteiger partial charge in [0.05, 0.1) is 33.4 Å². The molecule has 226 valence electrons. The van der Waals surface area contributed by atoms with Crippen molar-refractivity contribution in [3.05, 3.63) is 73.6 Å². The van der Waals surface area contributed by atoms with Crippen molar-refractivity contribution in [2.75, 3.05) is 18.2 Å². The van der Waals surface area contributed by atoms with Crippen LogP contribution >= 0.6 is 23.2 Å². The molecule has 0 aliphatic carbocycles. The summed E-state index contributed by atoms with van der Waals surface area (Å²) in [6, 6.07) is 9.19. The van der Waals surface area contributed by atoms with Crippen LogP contribution < -0.4 is 10.5 Å². The summed E-state index contributed by atoms with van der Waals surface area (Å²) >= 11 is 10.5. The molecule has 2 aromatic carbocycles. The number of carbonyl (C=O) groups excluding carboxylic acids is 2. The zero-order valence-corrected chi connectivity index (χ0v) is 26.6. The lowest BCUT2D eigenvalue weighted by Crippen LogP contribution is -2.46. The van der Waals surface area contributed by atoms with Gasteiger partial charge in [-0.3, -0.25) is 14.5 Å². The number of halogens is 2. The topological polar surface area (TPSA) is 134 Å². The molecule has 0 N–H and O–H groups in total. The van der Waals surface area contributed by atoms with Crippen LogP contribution in [0, 0.1) is 0 Å². The largest absolute Gasteiger partial charge is 0.609 e. The van der Waals surface area contributed by atoms with Crippen LogP contribution in [0.3, 0.4) is 0 Å². The van der Waals surface area contributed by atoms with E-state index in [1.807, 2.05) is 6.92 Å². The first-order chi connectivity index (χ1) is 20.2. The fraction of sp³-hybridized carbons (Fsp3) is 0.345. The number of amides is 2. The Kier molecular flexibility index (Phi) is 8.25. The van der Waals surface area contributed by atoms with Gasteiger partial charge in [0.2, 0.25) is 0 Å². The molecular weight excluding hydrogens is 617 g/mol. The molecule has 1 unspecified atom stereocenters. The van der Waals surface area contributed by atoms with Gasteiger partial charge in [-0.15, -0.1) is 0 Å². The molecule has 2 amide bonds. The van der Waals surface area contributed by atoms with E-state index in [1.54, 1.807) is 56.0 Å². The Morgan fingerprint density at radius 2 is 1.88 bits per heavy atom. The standard InChI is InChI=1S/C29H29Cl2N5O6S/c1-15-11-19-22(14-35(15)25(37)16-7-10-20(30)21(31)12-16)32-27(43(6)40)36(26(19)38)17-8-9-18-23(13-17)42-33-24(18)34(5)28(39)41-29(2,3)4/h7-10,12-13,15H,11,14H2,1-6H3/t15-,43?/m1/s1. The molecule has 14 heteroatoms. The first-order valence-corrected chi connectivity index (χ1v) is 15.6. The predicted octanol–water partition coefficient (Wildman–Crippen LogP) is 5.38. The van der Waals surface area contributed by atoms with Gasteiger partial charge in [0.25, 0.3) is 11.5 Å². The molecule has 4 aromatic rings. The summed E-state index contributed by atoms with van der Waals surface area (Å²) in [5.74, 6) is -0.0450. The molecule has 11 nitrogen and oxygen atoms in total. The molecule has 0 saturated heterocycles. The van der Waals surface area contributed by atoms with Crippen molar-refractivity contribution in [1.29, 1.82) is 0 Å². The summed E-state index contributed by atoms with van der Waals surface area (Å²) < 4.78 is 25.1. The number of fused-ring (bicyclic) bond motifs is 2. The molecule has 43 heavy (non-hydrogen) atoms. The van der Waals surface area contributed by atoms with Crippen LogP contribution in [0.25, 0.3) is 16.7 Å². The SMILES string of the molecule is C[C@@H]1Cc2c(nc([S+](C)[O-])n(-c3ccc4c(N(C)C(=O)OC(C)(C)C)noc4c3)c2=O)CN1C(=O)c1ccc(Cl)c(Cl)c1. The van der Waals surface area contributed by atoms with Gasteiger partial charge in [0, 0.05) is 41.5 Å². The molecule has 0 bridgehead atoms. The second-order valence-electron chi connectivity index (χ2n) is 11.3. The Hall–Kier alpha value is -3.58. The summed E-state index contributed by atoms with van der Waals surface area (Å²) in [6.45, 7) is 7.18. The number of anilines is 1. The van der Waals surface area contributed by atoms with Gasteiger partial charge >= 0.3 is 11.2 Å². The van der Waals surface area contributed by atoms with Crippen LogP contribution in [-0.4, -0.2) is 61.1 Å². The minimum atomic E-state index is -1.67. The van der Waals surface area contributed by atoms with Crippen molar-refractivity contribution in [3.63, 3.8) is 0 Å². The zero-order valence-electron chi connectivity index (χ0n) is 24.3. The molecule has 1 aliphatic heterocycles. The van der Waals surface area contributed by atoms with Crippen LogP contribution in [0.15, 0.2) is 50.9 Å². The molecular formula is C29H29Cl2N5O6S. The van der Waals surface area contributed by atoms with E-state index < -0.39 is 28.4 Å². The minimum absolute atomic E-state index is 0.0187. The van der Waals surface area contributed by atoms with Crippen molar-refractivity contribution in [3.8, 4) is 5.69 Å². The van der Waals surface area contributed by atoms with Gasteiger partial charge in [-0.05, 0) is 64.4 Å². The third kappa shape index (κ3) is 5.97. The number of aromatic nitrogens is 3.